The molecule has 0 bridgehead atoms. The Morgan fingerprint density at radius 3 is 2.39 bits per heavy atom. The van der Waals surface area contributed by atoms with Crippen molar-refractivity contribution in [2.24, 2.45) is 11.8 Å². The highest BCUT2D eigenvalue weighted by atomic mass is 16.1. The van der Waals surface area contributed by atoms with E-state index in [4.69, 9.17) is 0 Å². The largest absolute Gasteiger partial charge is 0.326 e. The molecule has 0 radical (unpaired) electrons. The molecule has 0 aromatic heterocycles. The summed E-state index contributed by atoms with van der Waals surface area (Å²) in [4.78, 5) is 12.3. The van der Waals surface area contributed by atoms with E-state index in [2.05, 4.69) is 34.9 Å². The Bertz CT molecular complexity index is 485. The summed E-state index contributed by atoms with van der Waals surface area (Å²) in [6.45, 7) is 2.35. The number of rotatable bonds is 5. The first-order chi connectivity index (χ1) is 11.3. The summed E-state index contributed by atoms with van der Waals surface area (Å²) in [5.41, 5.74) is 2.34. The number of amides is 1. The van der Waals surface area contributed by atoms with Crippen LogP contribution in [0.1, 0.15) is 56.9 Å². The Labute approximate surface area is 140 Å². The Balaban J connectivity index is 1.45. The van der Waals surface area contributed by atoms with Crippen molar-refractivity contribution in [3.63, 3.8) is 0 Å². The molecular weight excluding hydrogens is 284 g/mol. The van der Waals surface area contributed by atoms with Crippen molar-refractivity contribution in [2.75, 3.05) is 18.4 Å². The first kappa shape index (κ1) is 16.5. The number of piperidine rings is 1. The molecule has 3 heteroatoms. The molecule has 23 heavy (non-hydrogen) atoms. The SMILES string of the molecule is O=C(Nc1ccc(CCC2CCNCC2)cc1)C1CCCCC1. The predicted molar refractivity (Wildman–Crippen MR) is 95.6 cm³/mol. The Hall–Kier alpha value is -1.35. The van der Waals surface area contributed by atoms with Gasteiger partial charge in [0.15, 0.2) is 0 Å². The number of hydrogen-bond acceptors (Lipinski definition) is 2. The van der Waals surface area contributed by atoms with E-state index in [0.717, 1.165) is 30.9 Å². The molecule has 0 spiro atoms. The van der Waals surface area contributed by atoms with Crippen molar-refractivity contribution in [1.29, 1.82) is 0 Å². The molecule has 1 amide bonds. The van der Waals surface area contributed by atoms with Gasteiger partial charge in [-0.3, -0.25) is 4.79 Å². The van der Waals surface area contributed by atoms with Gasteiger partial charge >= 0.3 is 0 Å². The lowest BCUT2D eigenvalue weighted by Crippen LogP contribution is -2.27. The van der Waals surface area contributed by atoms with Gasteiger partial charge in [-0.15, -0.1) is 0 Å². The number of aryl methyl sites for hydroxylation is 1. The minimum Gasteiger partial charge on any atom is -0.326 e. The second kappa shape index (κ2) is 8.49. The van der Waals surface area contributed by atoms with Crippen molar-refractivity contribution < 1.29 is 4.79 Å². The zero-order chi connectivity index (χ0) is 15.9. The number of nitrogens with one attached hydrogen (secondary N) is 2. The van der Waals surface area contributed by atoms with E-state index >= 15 is 0 Å². The summed E-state index contributed by atoms with van der Waals surface area (Å²) < 4.78 is 0. The molecule has 1 aromatic rings. The summed E-state index contributed by atoms with van der Waals surface area (Å²) >= 11 is 0. The van der Waals surface area contributed by atoms with Crippen LogP contribution in [-0.2, 0) is 11.2 Å². The summed E-state index contributed by atoms with van der Waals surface area (Å²) in [6.07, 6.45) is 10.9. The predicted octanol–water partition coefficient (Wildman–Crippen LogP) is 4.14. The number of carbonyl (C=O) groups excluding carboxylic acids is 1. The zero-order valence-electron chi connectivity index (χ0n) is 14.2. The van der Waals surface area contributed by atoms with Crippen LogP contribution in [0, 0.1) is 11.8 Å². The highest BCUT2D eigenvalue weighted by molar-refractivity contribution is 5.92. The molecule has 126 valence electrons. The van der Waals surface area contributed by atoms with E-state index < -0.39 is 0 Å². The van der Waals surface area contributed by atoms with Gasteiger partial charge in [0, 0.05) is 11.6 Å². The zero-order valence-corrected chi connectivity index (χ0v) is 14.2. The Kier molecular flexibility index (Phi) is 6.09. The number of benzene rings is 1. The second-order valence-electron chi connectivity index (χ2n) is 7.25. The average Bonchev–Trinajstić information content (AvgIpc) is 2.63. The van der Waals surface area contributed by atoms with Crippen LogP contribution in [0.3, 0.4) is 0 Å². The van der Waals surface area contributed by atoms with E-state index in [1.165, 1.54) is 57.2 Å². The van der Waals surface area contributed by atoms with E-state index in [1.54, 1.807) is 0 Å². The quantitative estimate of drug-likeness (QED) is 0.857. The summed E-state index contributed by atoms with van der Waals surface area (Å²) in [6, 6.07) is 8.49. The van der Waals surface area contributed by atoms with Gasteiger partial charge in [-0.2, -0.15) is 0 Å². The molecule has 1 saturated carbocycles. The molecule has 1 aliphatic heterocycles. The minimum absolute atomic E-state index is 0.215. The van der Waals surface area contributed by atoms with Crippen molar-refractivity contribution in [1.82, 2.24) is 5.32 Å². The standard InChI is InChI=1S/C20H30N2O/c23-20(18-4-2-1-3-5-18)22-19-10-8-16(9-11-19)6-7-17-12-14-21-15-13-17/h8-11,17-18,21H,1-7,12-15H2,(H,22,23). The molecule has 3 rings (SSSR count). The number of anilines is 1. The van der Waals surface area contributed by atoms with Gasteiger partial charge in [0.2, 0.25) is 5.91 Å². The lowest BCUT2D eigenvalue weighted by molar-refractivity contribution is -0.120. The minimum atomic E-state index is 0.215. The lowest BCUT2D eigenvalue weighted by Gasteiger charge is -2.22. The van der Waals surface area contributed by atoms with Crippen molar-refractivity contribution in [3.8, 4) is 0 Å². The van der Waals surface area contributed by atoms with Gasteiger partial charge in [0.1, 0.15) is 0 Å². The van der Waals surface area contributed by atoms with Crippen LogP contribution in [0.25, 0.3) is 0 Å². The monoisotopic (exact) mass is 314 g/mol. The normalized spacial score (nSPS) is 20.3. The van der Waals surface area contributed by atoms with Crippen LogP contribution < -0.4 is 10.6 Å². The molecule has 0 unspecified atom stereocenters. The van der Waals surface area contributed by atoms with E-state index in [-0.39, 0.29) is 11.8 Å². The maximum atomic E-state index is 12.3. The highest BCUT2D eigenvalue weighted by Crippen LogP contribution is 2.25. The van der Waals surface area contributed by atoms with Gasteiger partial charge in [-0.05, 0) is 75.2 Å². The smallest absolute Gasteiger partial charge is 0.227 e. The van der Waals surface area contributed by atoms with Crippen molar-refractivity contribution in [3.05, 3.63) is 29.8 Å². The molecule has 3 nitrogen and oxygen atoms in total. The Morgan fingerprint density at radius 2 is 1.70 bits per heavy atom. The van der Waals surface area contributed by atoms with Gasteiger partial charge < -0.3 is 10.6 Å². The van der Waals surface area contributed by atoms with Crippen LogP contribution >= 0.6 is 0 Å². The van der Waals surface area contributed by atoms with Gasteiger partial charge in [-0.1, -0.05) is 31.4 Å². The number of carbonyl (C=O) groups is 1. The molecule has 2 fully saturated rings. The molecule has 0 atom stereocenters. The molecule has 1 saturated heterocycles. The molecule has 2 aliphatic rings. The second-order valence-corrected chi connectivity index (χ2v) is 7.25. The third kappa shape index (κ3) is 5.07. The maximum absolute atomic E-state index is 12.3. The topological polar surface area (TPSA) is 41.1 Å². The molecule has 1 heterocycles. The van der Waals surface area contributed by atoms with Crippen LogP contribution in [0.15, 0.2) is 24.3 Å². The fourth-order valence-electron chi connectivity index (χ4n) is 3.91. The van der Waals surface area contributed by atoms with Gasteiger partial charge in [0.25, 0.3) is 0 Å². The Morgan fingerprint density at radius 1 is 1.00 bits per heavy atom. The lowest BCUT2D eigenvalue weighted by atomic mass is 9.88. The molecule has 1 aliphatic carbocycles. The summed E-state index contributed by atoms with van der Waals surface area (Å²) in [5, 5.41) is 6.52. The fraction of sp³-hybridized carbons (Fsp3) is 0.650. The van der Waals surface area contributed by atoms with E-state index in [1.807, 2.05) is 0 Å². The van der Waals surface area contributed by atoms with Crippen LogP contribution in [0.4, 0.5) is 5.69 Å². The summed E-state index contributed by atoms with van der Waals surface area (Å²) in [7, 11) is 0. The summed E-state index contributed by atoms with van der Waals surface area (Å²) in [5.74, 6) is 1.32. The molecular formula is C20H30N2O. The van der Waals surface area contributed by atoms with E-state index in [9.17, 15) is 4.79 Å². The maximum Gasteiger partial charge on any atom is 0.227 e. The number of hydrogen-bond donors (Lipinski definition) is 2. The average molecular weight is 314 g/mol. The van der Waals surface area contributed by atoms with Crippen molar-refractivity contribution in [2.45, 2.75) is 57.8 Å². The van der Waals surface area contributed by atoms with Crippen LogP contribution in [0.2, 0.25) is 0 Å². The first-order valence-corrected chi connectivity index (χ1v) is 9.42. The molecule has 1 aromatic carbocycles. The van der Waals surface area contributed by atoms with Crippen LogP contribution in [0.5, 0.6) is 0 Å². The fourth-order valence-corrected chi connectivity index (χ4v) is 3.91. The van der Waals surface area contributed by atoms with Crippen molar-refractivity contribution >= 4 is 11.6 Å². The third-order valence-electron chi connectivity index (χ3n) is 5.50. The van der Waals surface area contributed by atoms with Gasteiger partial charge in [-0.25, -0.2) is 0 Å². The highest BCUT2D eigenvalue weighted by Gasteiger charge is 2.21. The molecule has 2 N–H and O–H groups in total. The van der Waals surface area contributed by atoms with E-state index in [0.29, 0.717) is 0 Å². The van der Waals surface area contributed by atoms with Gasteiger partial charge in [0.05, 0.1) is 0 Å². The van der Waals surface area contributed by atoms with Crippen LogP contribution in [-0.4, -0.2) is 19.0 Å². The third-order valence-corrected chi connectivity index (χ3v) is 5.50. The first-order valence-electron chi connectivity index (χ1n) is 9.42.